The van der Waals surface area contributed by atoms with E-state index in [1.807, 2.05) is 38.2 Å². The maximum absolute atomic E-state index is 12.2. The predicted molar refractivity (Wildman–Crippen MR) is 84.3 cm³/mol. The topological polar surface area (TPSA) is 55.6 Å². The number of ether oxygens (including phenoxy) is 1. The molecule has 4 heteroatoms. The van der Waals surface area contributed by atoms with Gasteiger partial charge in [0.05, 0.1) is 6.54 Å². The highest BCUT2D eigenvalue weighted by Crippen LogP contribution is 2.43. The number of benzene rings is 1. The van der Waals surface area contributed by atoms with E-state index in [-0.39, 0.29) is 11.3 Å². The Labute approximate surface area is 127 Å². The van der Waals surface area contributed by atoms with Gasteiger partial charge in [0.15, 0.2) is 0 Å². The van der Waals surface area contributed by atoms with Crippen LogP contribution in [0.15, 0.2) is 24.3 Å². The van der Waals surface area contributed by atoms with E-state index in [1.54, 1.807) is 4.90 Å². The summed E-state index contributed by atoms with van der Waals surface area (Å²) in [6.45, 7) is 3.77. The van der Waals surface area contributed by atoms with E-state index in [4.69, 9.17) is 10.5 Å². The van der Waals surface area contributed by atoms with E-state index in [0.29, 0.717) is 26.1 Å². The van der Waals surface area contributed by atoms with Gasteiger partial charge in [0.2, 0.25) is 5.91 Å². The average molecular weight is 290 g/mol. The summed E-state index contributed by atoms with van der Waals surface area (Å²) in [5.74, 6) is 1.03. The van der Waals surface area contributed by atoms with Crippen LogP contribution in [0.2, 0.25) is 0 Å². The molecule has 1 aliphatic rings. The number of amides is 1. The second kappa shape index (κ2) is 6.94. The van der Waals surface area contributed by atoms with Crippen LogP contribution in [0.4, 0.5) is 0 Å². The fourth-order valence-corrected chi connectivity index (χ4v) is 2.72. The molecule has 2 rings (SSSR count). The minimum absolute atomic E-state index is 0.0722. The van der Waals surface area contributed by atoms with Crippen molar-refractivity contribution in [2.45, 2.75) is 32.6 Å². The van der Waals surface area contributed by atoms with Gasteiger partial charge in [-0.2, -0.15) is 0 Å². The Balaban J connectivity index is 1.74. The third-order valence-electron chi connectivity index (χ3n) is 4.48. The van der Waals surface area contributed by atoms with Crippen LogP contribution < -0.4 is 10.5 Å². The zero-order chi connectivity index (χ0) is 15.3. The smallest absolute Gasteiger partial charge is 0.223 e. The summed E-state index contributed by atoms with van der Waals surface area (Å²) in [6.07, 6.45) is 3.95. The SMILES string of the molecule is Cc1cccc(OCCN(C)C(=O)CC2(CN)CCC2)c1. The number of aryl methyl sites for hydroxylation is 1. The average Bonchev–Trinajstić information content (AvgIpc) is 2.42. The molecule has 0 radical (unpaired) electrons. The van der Waals surface area contributed by atoms with E-state index in [0.717, 1.165) is 18.6 Å². The highest BCUT2D eigenvalue weighted by molar-refractivity contribution is 5.76. The summed E-state index contributed by atoms with van der Waals surface area (Å²) in [4.78, 5) is 14.0. The van der Waals surface area contributed by atoms with E-state index in [2.05, 4.69) is 0 Å². The molecule has 0 heterocycles. The zero-order valence-electron chi connectivity index (χ0n) is 13.1. The molecule has 2 N–H and O–H groups in total. The van der Waals surface area contributed by atoms with Gasteiger partial charge in [-0.05, 0) is 49.4 Å². The highest BCUT2D eigenvalue weighted by atomic mass is 16.5. The van der Waals surface area contributed by atoms with Crippen LogP contribution >= 0.6 is 0 Å². The van der Waals surface area contributed by atoms with Gasteiger partial charge >= 0.3 is 0 Å². The molecule has 1 fully saturated rings. The van der Waals surface area contributed by atoms with Crippen LogP contribution in [-0.4, -0.2) is 37.6 Å². The third-order valence-corrected chi connectivity index (χ3v) is 4.48. The molecule has 0 atom stereocenters. The van der Waals surface area contributed by atoms with Crippen molar-refractivity contribution in [1.29, 1.82) is 0 Å². The first-order valence-corrected chi connectivity index (χ1v) is 7.68. The minimum atomic E-state index is 0.0722. The number of carbonyl (C=O) groups is 1. The van der Waals surface area contributed by atoms with Gasteiger partial charge in [-0.1, -0.05) is 18.6 Å². The van der Waals surface area contributed by atoms with Crippen LogP contribution in [0.1, 0.15) is 31.2 Å². The van der Waals surface area contributed by atoms with Gasteiger partial charge in [0, 0.05) is 13.5 Å². The molecule has 0 aromatic heterocycles. The first-order chi connectivity index (χ1) is 10.0. The molecular weight excluding hydrogens is 264 g/mol. The van der Waals surface area contributed by atoms with Gasteiger partial charge in [-0.15, -0.1) is 0 Å². The van der Waals surface area contributed by atoms with Crippen molar-refractivity contribution in [3.63, 3.8) is 0 Å². The molecular formula is C17H26N2O2. The Morgan fingerprint density at radius 3 is 2.76 bits per heavy atom. The van der Waals surface area contributed by atoms with Crippen LogP contribution in [0.25, 0.3) is 0 Å². The first-order valence-electron chi connectivity index (χ1n) is 7.68. The molecule has 1 amide bonds. The molecule has 4 nitrogen and oxygen atoms in total. The van der Waals surface area contributed by atoms with Crippen molar-refractivity contribution in [2.24, 2.45) is 11.1 Å². The number of hydrogen-bond donors (Lipinski definition) is 1. The van der Waals surface area contributed by atoms with E-state index >= 15 is 0 Å². The number of nitrogens with zero attached hydrogens (tertiary/aromatic N) is 1. The van der Waals surface area contributed by atoms with Gasteiger partial charge in [-0.3, -0.25) is 4.79 Å². The van der Waals surface area contributed by atoms with Gasteiger partial charge in [0.25, 0.3) is 0 Å². The molecule has 1 saturated carbocycles. The van der Waals surface area contributed by atoms with Crippen molar-refractivity contribution in [2.75, 3.05) is 26.7 Å². The third kappa shape index (κ3) is 4.21. The van der Waals surface area contributed by atoms with Crippen molar-refractivity contribution in [1.82, 2.24) is 4.90 Å². The van der Waals surface area contributed by atoms with Crippen LogP contribution in [-0.2, 0) is 4.79 Å². The maximum atomic E-state index is 12.2. The monoisotopic (exact) mass is 290 g/mol. The molecule has 116 valence electrons. The minimum Gasteiger partial charge on any atom is -0.492 e. The van der Waals surface area contributed by atoms with Crippen LogP contribution in [0.5, 0.6) is 5.75 Å². The first kappa shape index (κ1) is 15.8. The number of carbonyl (C=O) groups excluding carboxylic acids is 1. The van der Waals surface area contributed by atoms with Gasteiger partial charge in [-0.25, -0.2) is 0 Å². The maximum Gasteiger partial charge on any atom is 0.223 e. The molecule has 1 aromatic rings. The molecule has 1 aliphatic carbocycles. The fraction of sp³-hybridized carbons (Fsp3) is 0.588. The Morgan fingerprint density at radius 1 is 1.43 bits per heavy atom. The highest BCUT2D eigenvalue weighted by Gasteiger charge is 2.38. The second-order valence-electron chi connectivity index (χ2n) is 6.21. The van der Waals surface area contributed by atoms with Crippen LogP contribution in [0.3, 0.4) is 0 Å². The molecule has 0 bridgehead atoms. The van der Waals surface area contributed by atoms with Crippen molar-refractivity contribution in [3.05, 3.63) is 29.8 Å². The predicted octanol–water partition coefficient (Wildman–Crippen LogP) is 2.35. The Kier molecular flexibility index (Phi) is 5.23. The molecule has 1 aromatic carbocycles. The lowest BCUT2D eigenvalue weighted by Gasteiger charge is -2.41. The summed E-state index contributed by atoms with van der Waals surface area (Å²) in [5, 5.41) is 0. The van der Waals surface area contributed by atoms with E-state index in [1.165, 1.54) is 12.0 Å². The lowest BCUT2D eigenvalue weighted by molar-refractivity contribution is -0.134. The second-order valence-corrected chi connectivity index (χ2v) is 6.21. The van der Waals surface area contributed by atoms with E-state index < -0.39 is 0 Å². The standard InChI is InChI=1S/C17H26N2O2/c1-14-5-3-6-15(11-14)21-10-9-19(2)16(20)12-17(13-18)7-4-8-17/h3,5-6,11H,4,7-10,12-13,18H2,1-2H3. The lowest BCUT2D eigenvalue weighted by Crippen LogP contribution is -2.43. The van der Waals surface area contributed by atoms with E-state index in [9.17, 15) is 4.79 Å². The summed E-state index contributed by atoms with van der Waals surface area (Å²) < 4.78 is 5.69. The molecule has 21 heavy (non-hydrogen) atoms. The Hall–Kier alpha value is -1.55. The largest absolute Gasteiger partial charge is 0.492 e. The quantitative estimate of drug-likeness (QED) is 0.838. The normalized spacial score (nSPS) is 16.1. The molecule has 0 aliphatic heterocycles. The summed E-state index contributed by atoms with van der Waals surface area (Å²) in [5.41, 5.74) is 7.06. The van der Waals surface area contributed by atoms with Crippen molar-refractivity contribution in [3.8, 4) is 5.75 Å². The number of nitrogens with two attached hydrogens (primary N) is 1. The summed E-state index contributed by atoms with van der Waals surface area (Å²) in [6, 6.07) is 7.95. The van der Waals surface area contributed by atoms with Gasteiger partial charge in [0.1, 0.15) is 12.4 Å². The van der Waals surface area contributed by atoms with Crippen LogP contribution in [0, 0.1) is 12.3 Å². The summed E-state index contributed by atoms with van der Waals surface area (Å²) >= 11 is 0. The Morgan fingerprint density at radius 2 is 2.19 bits per heavy atom. The van der Waals surface area contributed by atoms with Gasteiger partial charge < -0.3 is 15.4 Å². The zero-order valence-corrected chi connectivity index (χ0v) is 13.1. The molecule has 0 saturated heterocycles. The number of likely N-dealkylation sites (N-methyl/N-ethyl adjacent to an activating group) is 1. The number of rotatable bonds is 7. The molecule has 0 spiro atoms. The Bertz CT molecular complexity index is 478. The summed E-state index contributed by atoms with van der Waals surface area (Å²) in [7, 11) is 1.84. The van der Waals surface area contributed by atoms with Crippen molar-refractivity contribution < 1.29 is 9.53 Å². The number of hydrogen-bond acceptors (Lipinski definition) is 3. The van der Waals surface area contributed by atoms with Crippen molar-refractivity contribution >= 4 is 5.91 Å². The fourth-order valence-electron chi connectivity index (χ4n) is 2.72. The molecule has 0 unspecified atom stereocenters. The lowest BCUT2D eigenvalue weighted by atomic mass is 9.66.